The lowest BCUT2D eigenvalue weighted by Gasteiger charge is -2.03. The third-order valence-electron chi connectivity index (χ3n) is 2.91. The van der Waals surface area contributed by atoms with Crippen molar-refractivity contribution in [2.45, 2.75) is 12.5 Å². The van der Waals surface area contributed by atoms with Crippen LogP contribution in [0.5, 0.6) is 5.75 Å². The van der Waals surface area contributed by atoms with Crippen molar-refractivity contribution >= 4 is 33.3 Å². The summed E-state index contributed by atoms with van der Waals surface area (Å²) in [5.41, 5.74) is -0.425. The summed E-state index contributed by atoms with van der Waals surface area (Å²) in [4.78, 5) is 14.0. The SMILES string of the molecule is O=[N+]([O-])c1cc(Cl)cc(C=N[C@H]2CCS(=O)(=O)C2)c1O. The van der Waals surface area contributed by atoms with Crippen LogP contribution in [0.25, 0.3) is 0 Å². The Morgan fingerprint density at radius 3 is 2.75 bits per heavy atom. The Morgan fingerprint density at radius 2 is 2.20 bits per heavy atom. The van der Waals surface area contributed by atoms with Gasteiger partial charge in [0, 0.05) is 22.9 Å². The Bertz CT molecular complexity index is 686. The number of nitro benzene ring substituents is 1. The molecule has 7 nitrogen and oxygen atoms in total. The first kappa shape index (κ1) is 14.7. The fourth-order valence-corrected chi connectivity index (χ4v) is 3.78. The smallest absolute Gasteiger partial charge is 0.312 e. The molecule has 9 heteroatoms. The van der Waals surface area contributed by atoms with Gasteiger partial charge < -0.3 is 5.11 Å². The Balaban J connectivity index is 2.28. The summed E-state index contributed by atoms with van der Waals surface area (Å²) >= 11 is 5.73. The molecular formula is C11H11ClN2O5S. The van der Waals surface area contributed by atoms with Crippen molar-refractivity contribution in [3.8, 4) is 5.75 Å². The van der Waals surface area contributed by atoms with Gasteiger partial charge in [-0.25, -0.2) is 8.42 Å². The first-order valence-electron chi connectivity index (χ1n) is 5.69. The fourth-order valence-electron chi connectivity index (χ4n) is 1.92. The van der Waals surface area contributed by atoms with E-state index in [-0.39, 0.29) is 22.1 Å². The third kappa shape index (κ3) is 3.26. The summed E-state index contributed by atoms with van der Waals surface area (Å²) in [6.45, 7) is 0. The monoisotopic (exact) mass is 318 g/mol. The van der Waals surface area contributed by atoms with Crippen molar-refractivity contribution < 1.29 is 18.4 Å². The molecule has 1 aromatic carbocycles. The maximum Gasteiger partial charge on any atom is 0.312 e. The minimum atomic E-state index is -3.05. The molecule has 20 heavy (non-hydrogen) atoms. The Kier molecular flexibility index (Phi) is 3.96. The van der Waals surface area contributed by atoms with E-state index in [1.54, 1.807) is 0 Å². The first-order chi connectivity index (χ1) is 9.28. The van der Waals surface area contributed by atoms with Crippen molar-refractivity contribution in [3.63, 3.8) is 0 Å². The number of hydrogen-bond acceptors (Lipinski definition) is 6. The molecule has 0 spiro atoms. The number of aromatic hydroxyl groups is 1. The van der Waals surface area contributed by atoms with Crippen molar-refractivity contribution in [1.82, 2.24) is 0 Å². The van der Waals surface area contributed by atoms with Gasteiger partial charge in [-0.3, -0.25) is 15.1 Å². The van der Waals surface area contributed by atoms with E-state index in [4.69, 9.17) is 11.6 Å². The van der Waals surface area contributed by atoms with Crippen LogP contribution in [0.2, 0.25) is 5.02 Å². The Morgan fingerprint density at radius 1 is 1.50 bits per heavy atom. The normalized spacial score (nSPS) is 21.4. The van der Waals surface area contributed by atoms with Crippen LogP contribution in [0, 0.1) is 10.1 Å². The highest BCUT2D eigenvalue weighted by molar-refractivity contribution is 7.91. The third-order valence-corrected chi connectivity index (χ3v) is 4.88. The minimum Gasteiger partial charge on any atom is -0.502 e. The Labute approximate surface area is 120 Å². The van der Waals surface area contributed by atoms with E-state index in [0.29, 0.717) is 6.42 Å². The zero-order valence-electron chi connectivity index (χ0n) is 10.2. The molecule has 108 valence electrons. The van der Waals surface area contributed by atoms with E-state index < -0.39 is 32.2 Å². The first-order valence-corrected chi connectivity index (χ1v) is 7.89. The maximum atomic E-state index is 11.3. The van der Waals surface area contributed by atoms with Gasteiger partial charge in [-0.1, -0.05) is 11.6 Å². The summed E-state index contributed by atoms with van der Waals surface area (Å²) in [6.07, 6.45) is 1.63. The van der Waals surface area contributed by atoms with Crippen LogP contribution in [0.4, 0.5) is 5.69 Å². The number of sulfone groups is 1. The van der Waals surface area contributed by atoms with Crippen LogP contribution in [-0.4, -0.2) is 42.2 Å². The molecule has 1 N–H and O–H groups in total. The minimum absolute atomic E-state index is 0.0487. The van der Waals surface area contributed by atoms with Gasteiger partial charge in [0.15, 0.2) is 9.84 Å². The van der Waals surface area contributed by atoms with Gasteiger partial charge in [-0.05, 0) is 12.5 Å². The van der Waals surface area contributed by atoms with E-state index in [9.17, 15) is 23.6 Å². The number of hydrogen-bond donors (Lipinski definition) is 1. The van der Waals surface area contributed by atoms with Crippen LogP contribution in [0.1, 0.15) is 12.0 Å². The zero-order chi connectivity index (χ0) is 14.9. The van der Waals surface area contributed by atoms with Gasteiger partial charge in [0.25, 0.3) is 0 Å². The summed E-state index contributed by atoms with van der Waals surface area (Å²) in [6, 6.07) is 1.97. The molecule has 1 aliphatic rings. The Hall–Kier alpha value is -1.67. The summed E-state index contributed by atoms with van der Waals surface area (Å²) < 4.78 is 22.6. The molecule has 0 saturated carbocycles. The summed E-state index contributed by atoms with van der Waals surface area (Å²) in [5.74, 6) is -0.507. The molecule has 0 aliphatic carbocycles. The van der Waals surface area contributed by atoms with Crippen LogP contribution in [0.3, 0.4) is 0 Å². The fraction of sp³-hybridized carbons (Fsp3) is 0.364. The molecule has 0 unspecified atom stereocenters. The number of phenols is 1. The quantitative estimate of drug-likeness (QED) is 0.516. The molecule has 1 fully saturated rings. The van der Waals surface area contributed by atoms with Crippen molar-refractivity contribution in [3.05, 3.63) is 32.8 Å². The number of nitro groups is 1. The number of aliphatic imine (C=N–C) groups is 1. The van der Waals surface area contributed by atoms with Crippen LogP contribution in [-0.2, 0) is 9.84 Å². The van der Waals surface area contributed by atoms with Gasteiger partial charge in [0.05, 0.1) is 22.5 Å². The topological polar surface area (TPSA) is 110 Å². The molecule has 1 heterocycles. The van der Waals surface area contributed by atoms with Crippen molar-refractivity contribution in [2.75, 3.05) is 11.5 Å². The molecule has 1 atom stereocenters. The predicted octanol–water partition coefficient (Wildman–Crippen LogP) is 1.56. The van der Waals surface area contributed by atoms with Crippen LogP contribution in [0.15, 0.2) is 17.1 Å². The lowest BCUT2D eigenvalue weighted by atomic mass is 10.2. The van der Waals surface area contributed by atoms with Crippen LogP contribution < -0.4 is 0 Å². The number of halogens is 1. The highest BCUT2D eigenvalue weighted by Crippen LogP contribution is 2.32. The number of benzene rings is 1. The molecule has 0 radical (unpaired) electrons. The van der Waals surface area contributed by atoms with Gasteiger partial charge in [0.2, 0.25) is 5.75 Å². The second-order valence-corrected chi connectivity index (χ2v) is 7.12. The molecule has 0 aromatic heterocycles. The average molecular weight is 319 g/mol. The lowest BCUT2D eigenvalue weighted by Crippen LogP contribution is -2.07. The molecule has 0 amide bonds. The van der Waals surface area contributed by atoms with E-state index in [1.807, 2.05) is 0 Å². The zero-order valence-corrected chi connectivity index (χ0v) is 11.8. The van der Waals surface area contributed by atoms with Gasteiger partial charge in [-0.15, -0.1) is 0 Å². The largest absolute Gasteiger partial charge is 0.502 e. The molecule has 0 bridgehead atoms. The van der Waals surface area contributed by atoms with E-state index >= 15 is 0 Å². The summed E-state index contributed by atoms with van der Waals surface area (Å²) in [5, 5.41) is 20.6. The highest BCUT2D eigenvalue weighted by Gasteiger charge is 2.27. The van der Waals surface area contributed by atoms with Gasteiger partial charge >= 0.3 is 5.69 Å². The second kappa shape index (κ2) is 5.37. The van der Waals surface area contributed by atoms with E-state index in [0.717, 1.165) is 6.07 Å². The molecule has 1 saturated heterocycles. The predicted molar refractivity (Wildman–Crippen MR) is 74.4 cm³/mol. The van der Waals surface area contributed by atoms with Crippen molar-refractivity contribution in [1.29, 1.82) is 0 Å². The maximum absolute atomic E-state index is 11.3. The number of phenolic OH excluding ortho intramolecular Hbond substituents is 1. The van der Waals surface area contributed by atoms with E-state index in [2.05, 4.69) is 4.99 Å². The molecule has 1 aliphatic heterocycles. The molecule has 2 rings (SSSR count). The summed E-state index contributed by atoms with van der Waals surface area (Å²) in [7, 11) is -3.05. The average Bonchev–Trinajstić information content (AvgIpc) is 2.69. The van der Waals surface area contributed by atoms with E-state index in [1.165, 1.54) is 12.3 Å². The van der Waals surface area contributed by atoms with Crippen molar-refractivity contribution in [2.24, 2.45) is 4.99 Å². The van der Waals surface area contributed by atoms with Gasteiger partial charge in [0.1, 0.15) is 0 Å². The molecular weight excluding hydrogens is 308 g/mol. The standard InChI is InChI=1S/C11H11ClN2O5S/c12-8-3-7(11(15)10(4-8)14(16)17)5-13-9-1-2-20(18,19)6-9/h3-5,9,15H,1-2,6H2/t9-/m0/s1. The molecule has 1 aromatic rings. The van der Waals surface area contributed by atoms with Gasteiger partial charge in [-0.2, -0.15) is 0 Å². The number of rotatable bonds is 3. The van der Waals surface area contributed by atoms with Crippen LogP contribution >= 0.6 is 11.6 Å². The second-order valence-electron chi connectivity index (χ2n) is 4.45. The number of nitrogens with zero attached hydrogens (tertiary/aromatic N) is 2. The lowest BCUT2D eigenvalue weighted by molar-refractivity contribution is -0.385. The highest BCUT2D eigenvalue weighted by atomic mass is 35.5.